The van der Waals surface area contributed by atoms with Crippen LogP contribution in [0.1, 0.15) is 51.9 Å². The fourth-order valence-corrected chi connectivity index (χ4v) is 3.41. The molecular weight excluding hydrogens is 210 g/mol. The SMILES string of the molecule is CCc1nccn1C1CCCC(C)(C)C1NC. The highest BCUT2D eigenvalue weighted by Gasteiger charge is 2.39. The minimum Gasteiger partial charge on any atom is -0.330 e. The van der Waals surface area contributed by atoms with Crippen LogP contribution in [0.15, 0.2) is 12.4 Å². The van der Waals surface area contributed by atoms with Gasteiger partial charge in [-0.05, 0) is 25.3 Å². The summed E-state index contributed by atoms with van der Waals surface area (Å²) in [5.74, 6) is 1.22. The molecule has 1 aliphatic rings. The molecule has 2 atom stereocenters. The zero-order valence-corrected chi connectivity index (χ0v) is 11.5. The van der Waals surface area contributed by atoms with Crippen molar-refractivity contribution in [3.05, 3.63) is 18.2 Å². The predicted octanol–water partition coefficient (Wildman–Crippen LogP) is 2.78. The van der Waals surface area contributed by atoms with Crippen LogP contribution in [0.4, 0.5) is 0 Å². The summed E-state index contributed by atoms with van der Waals surface area (Å²) in [5.41, 5.74) is 0.368. The molecule has 0 aliphatic heterocycles. The fraction of sp³-hybridized carbons (Fsp3) is 0.786. The molecule has 96 valence electrons. The molecule has 1 heterocycles. The van der Waals surface area contributed by atoms with Gasteiger partial charge in [0.2, 0.25) is 0 Å². The van der Waals surface area contributed by atoms with Gasteiger partial charge in [-0.2, -0.15) is 0 Å². The van der Waals surface area contributed by atoms with Crippen molar-refractivity contribution in [3.8, 4) is 0 Å². The van der Waals surface area contributed by atoms with Gasteiger partial charge in [0.15, 0.2) is 0 Å². The van der Waals surface area contributed by atoms with E-state index in [-0.39, 0.29) is 0 Å². The van der Waals surface area contributed by atoms with Crippen molar-refractivity contribution in [1.82, 2.24) is 14.9 Å². The van der Waals surface area contributed by atoms with Gasteiger partial charge in [-0.15, -0.1) is 0 Å². The summed E-state index contributed by atoms with van der Waals surface area (Å²) in [6, 6.07) is 1.09. The molecule has 2 unspecified atom stereocenters. The highest BCUT2D eigenvalue weighted by atomic mass is 15.1. The molecule has 17 heavy (non-hydrogen) atoms. The van der Waals surface area contributed by atoms with Crippen molar-refractivity contribution in [3.63, 3.8) is 0 Å². The largest absolute Gasteiger partial charge is 0.330 e. The monoisotopic (exact) mass is 235 g/mol. The first-order valence-electron chi connectivity index (χ1n) is 6.79. The van der Waals surface area contributed by atoms with E-state index in [1.807, 2.05) is 6.20 Å². The highest BCUT2D eigenvalue weighted by Crippen LogP contribution is 2.41. The van der Waals surface area contributed by atoms with Gasteiger partial charge in [-0.25, -0.2) is 4.98 Å². The molecule has 0 aromatic carbocycles. The summed E-state index contributed by atoms with van der Waals surface area (Å²) in [7, 11) is 2.09. The van der Waals surface area contributed by atoms with Crippen LogP contribution in [-0.4, -0.2) is 22.6 Å². The van der Waals surface area contributed by atoms with E-state index in [0.717, 1.165) is 6.42 Å². The summed E-state index contributed by atoms with van der Waals surface area (Å²) in [6.45, 7) is 6.94. The van der Waals surface area contributed by atoms with Gasteiger partial charge in [0.1, 0.15) is 5.82 Å². The molecule has 1 aromatic heterocycles. The molecule has 0 saturated heterocycles. The Bertz CT molecular complexity index is 367. The number of imidazole rings is 1. The van der Waals surface area contributed by atoms with Crippen LogP contribution in [0.25, 0.3) is 0 Å². The number of likely N-dealkylation sites (N-methyl/N-ethyl adjacent to an activating group) is 1. The van der Waals surface area contributed by atoms with E-state index >= 15 is 0 Å². The van der Waals surface area contributed by atoms with E-state index in [4.69, 9.17) is 0 Å². The van der Waals surface area contributed by atoms with Gasteiger partial charge >= 0.3 is 0 Å². The lowest BCUT2D eigenvalue weighted by Gasteiger charge is -2.44. The Morgan fingerprint density at radius 1 is 1.53 bits per heavy atom. The molecule has 0 amide bonds. The Morgan fingerprint density at radius 3 is 2.94 bits per heavy atom. The first kappa shape index (κ1) is 12.6. The molecule has 3 heteroatoms. The Kier molecular flexibility index (Phi) is 3.57. The maximum Gasteiger partial charge on any atom is 0.108 e. The van der Waals surface area contributed by atoms with Gasteiger partial charge in [-0.3, -0.25) is 0 Å². The summed E-state index contributed by atoms with van der Waals surface area (Å²) < 4.78 is 2.39. The van der Waals surface area contributed by atoms with Crippen LogP contribution < -0.4 is 5.32 Å². The van der Waals surface area contributed by atoms with Crippen molar-refractivity contribution in [1.29, 1.82) is 0 Å². The zero-order chi connectivity index (χ0) is 12.5. The quantitative estimate of drug-likeness (QED) is 0.873. The lowest BCUT2D eigenvalue weighted by atomic mass is 9.70. The van der Waals surface area contributed by atoms with Crippen molar-refractivity contribution in [2.75, 3.05) is 7.05 Å². The van der Waals surface area contributed by atoms with Gasteiger partial charge in [-0.1, -0.05) is 27.2 Å². The molecule has 0 radical (unpaired) electrons. The zero-order valence-electron chi connectivity index (χ0n) is 11.5. The molecule has 1 fully saturated rings. The number of aromatic nitrogens is 2. The molecule has 1 saturated carbocycles. The average molecular weight is 235 g/mol. The van der Waals surface area contributed by atoms with Crippen LogP contribution in [0.2, 0.25) is 0 Å². The van der Waals surface area contributed by atoms with Crippen molar-refractivity contribution < 1.29 is 0 Å². The van der Waals surface area contributed by atoms with Gasteiger partial charge in [0.05, 0.1) is 6.04 Å². The number of nitrogens with one attached hydrogen (secondary N) is 1. The number of hydrogen-bond donors (Lipinski definition) is 1. The summed E-state index contributed by atoms with van der Waals surface area (Å²) >= 11 is 0. The van der Waals surface area contributed by atoms with Crippen LogP contribution in [0.3, 0.4) is 0 Å². The van der Waals surface area contributed by atoms with E-state index in [0.29, 0.717) is 17.5 Å². The Labute approximate surface area is 105 Å². The highest BCUT2D eigenvalue weighted by molar-refractivity contribution is 5.02. The summed E-state index contributed by atoms with van der Waals surface area (Å²) in [5, 5.41) is 3.54. The van der Waals surface area contributed by atoms with Crippen LogP contribution in [-0.2, 0) is 6.42 Å². The lowest BCUT2D eigenvalue weighted by molar-refractivity contribution is 0.117. The smallest absolute Gasteiger partial charge is 0.108 e. The van der Waals surface area contributed by atoms with Crippen molar-refractivity contribution in [2.45, 2.75) is 58.5 Å². The van der Waals surface area contributed by atoms with Gasteiger partial charge in [0.25, 0.3) is 0 Å². The van der Waals surface area contributed by atoms with E-state index in [9.17, 15) is 0 Å². The predicted molar refractivity (Wildman–Crippen MR) is 71.1 cm³/mol. The minimum absolute atomic E-state index is 0.368. The Morgan fingerprint density at radius 2 is 2.29 bits per heavy atom. The van der Waals surface area contributed by atoms with Crippen molar-refractivity contribution in [2.24, 2.45) is 5.41 Å². The van der Waals surface area contributed by atoms with Crippen molar-refractivity contribution >= 4 is 0 Å². The second-order valence-electron chi connectivity index (χ2n) is 5.82. The number of rotatable bonds is 3. The normalized spacial score (nSPS) is 28.2. The third-order valence-corrected chi connectivity index (χ3v) is 4.28. The molecule has 1 aliphatic carbocycles. The maximum atomic E-state index is 4.46. The number of hydrogen-bond acceptors (Lipinski definition) is 2. The number of nitrogens with zero attached hydrogens (tertiary/aromatic N) is 2. The molecule has 0 spiro atoms. The third kappa shape index (κ3) is 2.25. The third-order valence-electron chi connectivity index (χ3n) is 4.28. The first-order valence-corrected chi connectivity index (χ1v) is 6.79. The minimum atomic E-state index is 0.368. The van der Waals surface area contributed by atoms with Gasteiger partial charge < -0.3 is 9.88 Å². The Hall–Kier alpha value is -0.830. The number of aryl methyl sites for hydroxylation is 1. The fourth-order valence-electron chi connectivity index (χ4n) is 3.41. The van der Waals surface area contributed by atoms with Gasteiger partial charge in [0, 0.05) is 24.9 Å². The second-order valence-corrected chi connectivity index (χ2v) is 5.82. The van der Waals surface area contributed by atoms with E-state index < -0.39 is 0 Å². The van der Waals surface area contributed by atoms with Crippen LogP contribution in [0, 0.1) is 5.41 Å². The van der Waals surface area contributed by atoms with Crippen LogP contribution >= 0.6 is 0 Å². The molecular formula is C14H25N3. The first-order chi connectivity index (χ1) is 8.10. The topological polar surface area (TPSA) is 29.9 Å². The summed E-state index contributed by atoms with van der Waals surface area (Å²) in [6.07, 6.45) is 8.99. The summed E-state index contributed by atoms with van der Waals surface area (Å²) in [4.78, 5) is 4.46. The standard InChI is InChI=1S/C14H25N3/c1-5-12-16-9-10-17(12)11-7-6-8-14(2,3)13(11)15-4/h9-11,13,15H,5-8H2,1-4H3. The van der Waals surface area contributed by atoms with E-state index in [1.54, 1.807) is 0 Å². The molecule has 3 nitrogen and oxygen atoms in total. The Balaban J connectivity index is 2.30. The lowest BCUT2D eigenvalue weighted by Crippen LogP contribution is -2.49. The van der Waals surface area contributed by atoms with Crippen LogP contribution in [0.5, 0.6) is 0 Å². The van der Waals surface area contributed by atoms with E-state index in [2.05, 4.69) is 48.9 Å². The second kappa shape index (κ2) is 4.81. The van der Waals surface area contributed by atoms with E-state index in [1.165, 1.54) is 25.1 Å². The maximum absolute atomic E-state index is 4.46. The molecule has 1 N–H and O–H groups in total. The molecule has 1 aromatic rings. The molecule has 0 bridgehead atoms. The molecule has 2 rings (SSSR count). The average Bonchev–Trinajstić information content (AvgIpc) is 2.75.